The molecule has 6 rings (SSSR count). The summed E-state index contributed by atoms with van der Waals surface area (Å²) in [4.78, 5) is 6.99. The lowest BCUT2D eigenvalue weighted by molar-refractivity contribution is 0.333. The second-order valence-corrected chi connectivity index (χ2v) is 11.7. The molecule has 0 atom stereocenters. The van der Waals surface area contributed by atoms with Crippen LogP contribution in [0.5, 0.6) is 17.2 Å². The molecule has 41 heavy (non-hydrogen) atoms. The molecule has 2 aromatic carbocycles. The van der Waals surface area contributed by atoms with Crippen molar-refractivity contribution >= 4 is 34.5 Å². The number of piperidine rings is 1. The summed E-state index contributed by atoms with van der Waals surface area (Å²) in [5.41, 5.74) is 12.1. The maximum atomic E-state index is 6.59. The number of rotatable bonds is 9. The summed E-state index contributed by atoms with van der Waals surface area (Å²) in [7, 11) is 1.65. The fourth-order valence-corrected chi connectivity index (χ4v) is 6.61. The van der Waals surface area contributed by atoms with Gasteiger partial charge in [-0.1, -0.05) is 29.3 Å². The number of hydrogen-bond acceptors (Lipinski definition) is 7. The summed E-state index contributed by atoms with van der Waals surface area (Å²) in [5, 5.41) is 9.17. The van der Waals surface area contributed by atoms with Crippen molar-refractivity contribution in [2.24, 2.45) is 0 Å². The first-order valence-corrected chi connectivity index (χ1v) is 15.2. The van der Waals surface area contributed by atoms with E-state index in [9.17, 15) is 0 Å². The van der Waals surface area contributed by atoms with E-state index in [1.807, 2.05) is 12.1 Å². The van der Waals surface area contributed by atoms with Crippen molar-refractivity contribution in [1.82, 2.24) is 24.8 Å². The summed E-state index contributed by atoms with van der Waals surface area (Å²) < 4.78 is 14.0. The molecule has 0 unspecified atom stereocenters. The van der Waals surface area contributed by atoms with Crippen LogP contribution in [0.1, 0.15) is 49.3 Å². The Bertz CT molecular complexity index is 1530. The van der Waals surface area contributed by atoms with Crippen LogP contribution in [0.4, 0.5) is 5.82 Å². The van der Waals surface area contributed by atoms with E-state index in [0.717, 1.165) is 62.0 Å². The fraction of sp³-hybridized carbons (Fsp3) is 0.419. The van der Waals surface area contributed by atoms with E-state index in [0.29, 0.717) is 39.0 Å². The molecule has 216 valence electrons. The smallest absolute Gasteiger partial charge is 0.169 e. The van der Waals surface area contributed by atoms with Crippen LogP contribution in [0.2, 0.25) is 10.0 Å². The zero-order chi connectivity index (χ0) is 28.3. The number of hydrogen-bond donors (Lipinski definition) is 2. The minimum atomic E-state index is 0.396. The van der Waals surface area contributed by atoms with Crippen molar-refractivity contribution in [2.75, 3.05) is 45.6 Å². The number of anilines is 1. The van der Waals surface area contributed by atoms with Gasteiger partial charge in [-0.2, -0.15) is 5.10 Å². The predicted octanol–water partition coefficient (Wildman–Crippen LogP) is 6.58. The van der Waals surface area contributed by atoms with Crippen LogP contribution in [-0.4, -0.2) is 59.3 Å². The molecular weight excluding hydrogens is 559 g/mol. The molecule has 4 aromatic rings. The Morgan fingerprint density at radius 1 is 1.02 bits per heavy atom. The largest absolute Gasteiger partial charge is 0.493 e. The Balaban J connectivity index is 1.44. The minimum absolute atomic E-state index is 0.396. The third kappa shape index (κ3) is 5.84. The molecule has 2 aliphatic rings. The van der Waals surface area contributed by atoms with Crippen LogP contribution < -0.4 is 20.5 Å². The highest BCUT2D eigenvalue weighted by atomic mass is 35.5. The van der Waals surface area contributed by atoms with E-state index in [1.54, 1.807) is 31.6 Å². The second-order valence-electron chi connectivity index (χ2n) is 10.9. The average molecular weight is 596 g/mol. The molecule has 0 saturated carbocycles. The standard InChI is InChI=1S/C31H36Cl2N6O2/c1-40-27-17-21(6-9-26(27)41-22-7-8-24(32)25(33)18-22)28-23(5-4-16-38-14-2-3-15-38)29(20-10-12-35-13-11-20)39-30(28)31(34)36-19-37-39/h6-9,17-20,35H,2-5,10-16H2,1H3,(H2,34,36,37). The monoisotopic (exact) mass is 594 g/mol. The lowest BCUT2D eigenvalue weighted by Gasteiger charge is -2.24. The zero-order valence-corrected chi connectivity index (χ0v) is 24.8. The Hall–Kier alpha value is -3.04. The van der Waals surface area contributed by atoms with Gasteiger partial charge in [0.1, 0.15) is 17.6 Å². The van der Waals surface area contributed by atoms with Gasteiger partial charge >= 0.3 is 0 Å². The zero-order valence-electron chi connectivity index (χ0n) is 23.3. The summed E-state index contributed by atoms with van der Waals surface area (Å²) in [6.07, 6.45) is 8.30. The molecule has 2 aliphatic heterocycles. The Kier molecular flexibility index (Phi) is 8.53. The van der Waals surface area contributed by atoms with E-state index in [1.165, 1.54) is 37.2 Å². The van der Waals surface area contributed by atoms with Crippen LogP contribution in [0.3, 0.4) is 0 Å². The second kappa shape index (κ2) is 12.4. The Labute approximate surface area is 250 Å². The summed E-state index contributed by atoms with van der Waals surface area (Å²) in [6.45, 7) is 5.48. The number of nitrogens with two attached hydrogens (primary N) is 1. The van der Waals surface area contributed by atoms with E-state index in [4.69, 9.17) is 43.5 Å². The van der Waals surface area contributed by atoms with Crippen molar-refractivity contribution in [2.45, 2.75) is 44.4 Å². The highest BCUT2D eigenvalue weighted by Crippen LogP contribution is 2.44. The normalized spacial score (nSPS) is 16.5. The number of benzene rings is 2. The van der Waals surface area contributed by atoms with Crippen molar-refractivity contribution in [1.29, 1.82) is 0 Å². The molecule has 0 amide bonds. The van der Waals surface area contributed by atoms with E-state index >= 15 is 0 Å². The van der Waals surface area contributed by atoms with E-state index in [2.05, 4.69) is 25.8 Å². The predicted molar refractivity (Wildman–Crippen MR) is 165 cm³/mol. The lowest BCUT2D eigenvalue weighted by Crippen LogP contribution is -2.28. The fourth-order valence-electron chi connectivity index (χ4n) is 6.32. The summed E-state index contributed by atoms with van der Waals surface area (Å²) in [5.74, 6) is 2.64. The van der Waals surface area contributed by atoms with Gasteiger partial charge < -0.3 is 25.4 Å². The molecule has 2 fully saturated rings. The molecule has 8 nitrogen and oxygen atoms in total. The van der Waals surface area contributed by atoms with Crippen molar-refractivity contribution in [3.8, 4) is 28.4 Å². The molecule has 0 spiro atoms. The number of nitrogens with one attached hydrogen (secondary N) is 1. The third-order valence-electron chi connectivity index (χ3n) is 8.29. The van der Waals surface area contributed by atoms with Crippen molar-refractivity contribution in [3.63, 3.8) is 0 Å². The maximum absolute atomic E-state index is 6.59. The first-order chi connectivity index (χ1) is 20.0. The maximum Gasteiger partial charge on any atom is 0.169 e. The van der Waals surface area contributed by atoms with Crippen LogP contribution in [-0.2, 0) is 6.42 Å². The molecule has 0 radical (unpaired) electrons. The number of nitrogens with zero attached hydrogens (tertiary/aromatic N) is 4. The molecular formula is C31H36Cl2N6O2. The first kappa shape index (κ1) is 28.1. The van der Waals surface area contributed by atoms with Crippen LogP contribution in [0.15, 0.2) is 42.7 Å². The number of halogens is 2. The Morgan fingerprint density at radius 3 is 2.59 bits per heavy atom. The highest BCUT2D eigenvalue weighted by molar-refractivity contribution is 6.42. The minimum Gasteiger partial charge on any atom is -0.493 e. The number of nitrogen functional groups attached to an aromatic ring is 1. The Morgan fingerprint density at radius 2 is 1.83 bits per heavy atom. The highest BCUT2D eigenvalue weighted by Gasteiger charge is 2.29. The van der Waals surface area contributed by atoms with E-state index < -0.39 is 0 Å². The summed E-state index contributed by atoms with van der Waals surface area (Å²) >= 11 is 12.3. The number of aromatic nitrogens is 3. The number of likely N-dealkylation sites (tertiary alicyclic amines) is 1. The molecule has 3 N–H and O–H groups in total. The van der Waals surface area contributed by atoms with Gasteiger partial charge in [0.15, 0.2) is 17.3 Å². The van der Waals surface area contributed by atoms with Gasteiger partial charge in [-0.05, 0) is 107 Å². The van der Waals surface area contributed by atoms with Gasteiger partial charge in [0, 0.05) is 23.2 Å². The molecule has 0 bridgehead atoms. The van der Waals surface area contributed by atoms with Crippen molar-refractivity contribution < 1.29 is 9.47 Å². The number of ether oxygens (including phenoxy) is 2. The lowest BCUT2D eigenvalue weighted by atomic mass is 9.88. The quantitative estimate of drug-likeness (QED) is 0.226. The molecule has 2 aromatic heterocycles. The van der Waals surface area contributed by atoms with Gasteiger partial charge in [-0.25, -0.2) is 9.50 Å². The van der Waals surface area contributed by atoms with Crippen LogP contribution in [0, 0.1) is 0 Å². The topological polar surface area (TPSA) is 89.9 Å². The average Bonchev–Trinajstić information content (AvgIpc) is 3.62. The molecule has 4 heterocycles. The van der Waals surface area contributed by atoms with Gasteiger partial charge in [0.05, 0.1) is 17.2 Å². The molecule has 10 heteroatoms. The molecule has 0 aliphatic carbocycles. The first-order valence-electron chi connectivity index (χ1n) is 14.4. The SMILES string of the molecule is COc1cc(-c2c(CCCN3CCCC3)c(C3CCNCC3)n3ncnc(N)c23)ccc1Oc1ccc(Cl)c(Cl)c1. The van der Waals surface area contributed by atoms with Gasteiger partial charge in [-0.3, -0.25) is 0 Å². The van der Waals surface area contributed by atoms with E-state index in [-0.39, 0.29) is 0 Å². The van der Waals surface area contributed by atoms with Gasteiger partial charge in [-0.15, -0.1) is 0 Å². The van der Waals surface area contributed by atoms with Crippen LogP contribution >= 0.6 is 23.2 Å². The molecule has 2 saturated heterocycles. The van der Waals surface area contributed by atoms with Crippen molar-refractivity contribution in [3.05, 3.63) is 64.0 Å². The summed E-state index contributed by atoms with van der Waals surface area (Å²) in [6, 6.07) is 11.2. The third-order valence-corrected chi connectivity index (χ3v) is 9.03. The number of fused-ring (bicyclic) bond motifs is 1. The number of methoxy groups -OCH3 is 1. The van der Waals surface area contributed by atoms with Gasteiger partial charge in [0.2, 0.25) is 0 Å². The van der Waals surface area contributed by atoms with Crippen LogP contribution in [0.25, 0.3) is 16.6 Å². The van der Waals surface area contributed by atoms with Gasteiger partial charge in [0.25, 0.3) is 0 Å².